The van der Waals surface area contributed by atoms with Gasteiger partial charge in [-0.2, -0.15) is 0 Å². The molecule has 0 bridgehead atoms. The normalized spacial score (nSPS) is 9.00. The highest BCUT2D eigenvalue weighted by Gasteiger charge is 1.95. The first kappa shape index (κ1) is 15.9. The number of rotatable bonds is 4. The first-order chi connectivity index (χ1) is 6.90. The van der Waals surface area contributed by atoms with Crippen molar-refractivity contribution < 1.29 is 19.4 Å². The van der Waals surface area contributed by atoms with Gasteiger partial charge in [0.05, 0.1) is 6.61 Å². The molecule has 86 valence electrons. The highest BCUT2D eigenvalue weighted by molar-refractivity contribution is 5.90. The quantitative estimate of drug-likeness (QED) is 0.442. The van der Waals surface area contributed by atoms with Gasteiger partial charge < -0.3 is 9.84 Å². The van der Waals surface area contributed by atoms with E-state index in [-0.39, 0.29) is 0 Å². The number of ether oxygens (including phenoxy) is 1. The molecule has 0 saturated heterocycles. The molecule has 0 aliphatic carbocycles. The summed E-state index contributed by atoms with van der Waals surface area (Å²) >= 11 is 0. The van der Waals surface area contributed by atoms with Gasteiger partial charge in [-0.15, -0.1) is 6.58 Å². The number of hydrogen-bond acceptors (Lipinski definition) is 3. The SMILES string of the molecule is C=C(C)C.CCCOC(=O)/C=C/C(=O)O. The van der Waals surface area contributed by atoms with Crippen LogP contribution in [0, 0.1) is 0 Å². The van der Waals surface area contributed by atoms with Gasteiger partial charge in [0.15, 0.2) is 0 Å². The van der Waals surface area contributed by atoms with Crippen LogP contribution < -0.4 is 0 Å². The zero-order chi connectivity index (χ0) is 12.3. The van der Waals surface area contributed by atoms with Gasteiger partial charge in [-0.05, 0) is 20.3 Å². The summed E-state index contributed by atoms with van der Waals surface area (Å²) in [5.74, 6) is -1.77. The Morgan fingerprint density at radius 3 is 2.13 bits per heavy atom. The summed E-state index contributed by atoms with van der Waals surface area (Å²) in [7, 11) is 0. The summed E-state index contributed by atoms with van der Waals surface area (Å²) in [6, 6.07) is 0. The van der Waals surface area contributed by atoms with Gasteiger partial charge in [-0.3, -0.25) is 0 Å². The van der Waals surface area contributed by atoms with Crippen LogP contribution in [0.1, 0.15) is 27.2 Å². The zero-order valence-electron chi connectivity index (χ0n) is 9.45. The number of allylic oxidation sites excluding steroid dienone is 1. The van der Waals surface area contributed by atoms with Crippen molar-refractivity contribution in [3.63, 3.8) is 0 Å². The van der Waals surface area contributed by atoms with Crippen molar-refractivity contribution in [2.75, 3.05) is 6.61 Å². The van der Waals surface area contributed by atoms with Crippen LogP contribution in [0.3, 0.4) is 0 Å². The molecule has 0 radical (unpaired) electrons. The van der Waals surface area contributed by atoms with E-state index in [0.29, 0.717) is 6.61 Å². The molecule has 0 amide bonds. The second kappa shape index (κ2) is 10.5. The van der Waals surface area contributed by atoms with Crippen LogP contribution in [0.2, 0.25) is 0 Å². The molecular formula is C11H18O4. The highest BCUT2D eigenvalue weighted by Crippen LogP contribution is 1.84. The minimum atomic E-state index is -1.15. The van der Waals surface area contributed by atoms with Crippen molar-refractivity contribution >= 4 is 11.9 Å². The van der Waals surface area contributed by atoms with E-state index in [2.05, 4.69) is 11.3 Å². The molecule has 0 aliphatic rings. The predicted molar refractivity (Wildman–Crippen MR) is 58.5 cm³/mol. The monoisotopic (exact) mass is 214 g/mol. The molecular weight excluding hydrogens is 196 g/mol. The summed E-state index contributed by atoms with van der Waals surface area (Å²) in [5.41, 5.74) is 1.17. The molecule has 0 fully saturated rings. The van der Waals surface area contributed by atoms with Crippen LogP contribution in [0.4, 0.5) is 0 Å². The van der Waals surface area contributed by atoms with Gasteiger partial charge in [0.2, 0.25) is 0 Å². The number of carboxylic acid groups (broad SMARTS) is 1. The van der Waals surface area contributed by atoms with Crippen molar-refractivity contribution in [3.8, 4) is 0 Å². The molecule has 0 aromatic carbocycles. The van der Waals surface area contributed by atoms with Crippen LogP contribution in [-0.2, 0) is 14.3 Å². The maximum Gasteiger partial charge on any atom is 0.331 e. The Labute approximate surface area is 90.2 Å². The number of carbonyl (C=O) groups is 2. The van der Waals surface area contributed by atoms with Crippen molar-refractivity contribution in [2.24, 2.45) is 0 Å². The molecule has 0 aliphatic heterocycles. The summed E-state index contributed by atoms with van der Waals surface area (Å²) in [6.07, 6.45) is 2.36. The van der Waals surface area contributed by atoms with Crippen LogP contribution in [-0.4, -0.2) is 23.7 Å². The minimum Gasteiger partial charge on any atom is -0.478 e. The Hall–Kier alpha value is -1.58. The number of hydrogen-bond donors (Lipinski definition) is 1. The van der Waals surface area contributed by atoms with Crippen molar-refractivity contribution in [3.05, 3.63) is 24.3 Å². The third-order valence-electron chi connectivity index (χ3n) is 0.810. The molecule has 0 spiro atoms. The number of aliphatic carboxylic acids is 1. The van der Waals surface area contributed by atoms with E-state index in [9.17, 15) is 9.59 Å². The first-order valence-corrected chi connectivity index (χ1v) is 4.60. The Morgan fingerprint density at radius 2 is 1.80 bits per heavy atom. The molecule has 0 rings (SSSR count). The molecule has 4 heteroatoms. The molecule has 0 aromatic rings. The lowest BCUT2D eigenvalue weighted by atomic mass is 10.4. The van der Waals surface area contributed by atoms with E-state index in [4.69, 9.17) is 5.11 Å². The number of carboxylic acids is 1. The average Bonchev–Trinajstić information content (AvgIpc) is 2.10. The molecule has 0 aromatic heterocycles. The van der Waals surface area contributed by atoms with E-state index >= 15 is 0 Å². The van der Waals surface area contributed by atoms with Crippen LogP contribution in [0.5, 0.6) is 0 Å². The van der Waals surface area contributed by atoms with Crippen molar-refractivity contribution in [1.82, 2.24) is 0 Å². The Bertz CT molecular complexity index is 237. The Kier molecular flexibility index (Phi) is 11.1. The molecule has 15 heavy (non-hydrogen) atoms. The maximum absolute atomic E-state index is 10.5. The largest absolute Gasteiger partial charge is 0.478 e. The molecule has 0 heterocycles. The molecule has 0 saturated carbocycles. The second-order valence-electron chi connectivity index (χ2n) is 3.05. The summed E-state index contributed by atoms with van der Waals surface area (Å²) in [5, 5.41) is 8.09. The van der Waals surface area contributed by atoms with Gasteiger partial charge in [-0.1, -0.05) is 12.5 Å². The third-order valence-corrected chi connectivity index (χ3v) is 0.810. The maximum atomic E-state index is 10.5. The zero-order valence-corrected chi connectivity index (χ0v) is 9.45. The van der Waals surface area contributed by atoms with E-state index in [1.54, 1.807) is 0 Å². The fourth-order valence-corrected chi connectivity index (χ4v) is 0.390. The van der Waals surface area contributed by atoms with Crippen molar-refractivity contribution in [2.45, 2.75) is 27.2 Å². The minimum absolute atomic E-state index is 0.322. The summed E-state index contributed by atoms with van der Waals surface area (Å²) in [4.78, 5) is 20.4. The molecule has 0 atom stereocenters. The lowest BCUT2D eigenvalue weighted by Crippen LogP contribution is -2.02. The van der Waals surface area contributed by atoms with Gasteiger partial charge in [-0.25, -0.2) is 9.59 Å². The van der Waals surface area contributed by atoms with Gasteiger partial charge >= 0.3 is 11.9 Å². The topological polar surface area (TPSA) is 63.6 Å². The van der Waals surface area contributed by atoms with E-state index < -0.39 is 11.9 Å². The van der Waals surface area contributed by atoms with Gasteiger partial charge in [0.1, 0.15) is 0 Å². The van der Waals surface area contributed by atoms with Crippen LogP contribution in [0.15, 0.2) is 24.3 Å². The van der Waals surface area contributed by atoms with E-state index in [1.807, 2.05) is 20.8 Å². The Balaban J connectivity index is 0. The van der Waals surface area contributed by atoms with E-state index in [1.165, 1.54) is 5.57 Å². The van der Waals surface area contributed by atoms with E-state index in [0.717, 1.165) is 18.6 Å². The fraction of sp³-hybridized carbons (Fsp3) is 0.455. The van der Waals surface area contributed by atoms with Crippen LogP contribution >= 0.6 is 0 Å². The Morgan fingerprint density at radius 1 is 1.33 bits per heavy atom. The lowest BCUT2D eigenvalue weighted by Gasteiger charge is -1.95. The average molecular weight is 214 g/mol. The molecule has 0 unspecified atom stereocenters. The third kappa shape index (κ3) is 24.5. The standard InChI is InChI=1S/C7H10O4.C4H8/c1-2-5-11-7(10)4-3-6(8)9;1-4(2)3/h3-4H,2,5H2,1H3,(H,8,9);1H2,2-3H3/b4-3+;. The highest BCUT2D eigenvalue weighted by atomic mass is 16.5. The fourth-order valence-electron chi connectivity index (χ4n) is 0.390. The molecule has 1 N–H and O–H groups in total. The summed E-state index contributed by atoms with van der Waals surface area (Å²) < 4.78 is 4.55. The predicted octanol–water partition coefficient (Wildman–Crippen LogP) is 2.16. The van der Waals surface area contributed by atoms with Crippen molar-refractivity contribution in [1.29, 1.82) is 0 Å². The number of esters is 1. The first-order valence-electron chi connectivity index (χ1n) is 4.60. The molecule has 4 nitrogen and oxygen atoms in total. The summed E-state index contributed by atoms with van der Waals surface area (Å²) in [6.45, 7) is 9.68. The smallest absolute Gasteiger partial charge is 0.331 e. The second-order valence-corrected chi connectivity index (χ2v) is 3.05. The van der Waals surface area contributed by atoms with Crippen LogP contribution in [0.25, 0.3) is 0 Å². The van der Waals surface area contributed by atoms with Gasteiger partial charge in [0.25, 0.3) is 0 Å². The van der Waals surface area contributed by atoms with Gasteiger partial charge in [0, 0.05) is 12.2 Å². The number of carbonyl (C=O) groups excluding carboxylic acids is 1. The lowest BCUT2D eigenvalue weighted by molar-refractivity contribution is -0.138.